The molecule has 0 radical (unpaired) electrons. The van der Waals surface area contributed by atoms with Crippen LogP contribution in [0.15, 0.2) is 48.5 Å². The predicted molar refractivity (Wildman–Crippen MR) is 107 cm³/mol. The lowest BCUT2D eigenvalue weighted by Crippen LogP contribution is -2.30. The number of esters is 1. The second-order valence-corrected chi connectivity index (χ2v) is 6.14. The maximum atomic E-state index is 11.8. The quantitative estimate of drug-likeness (QED) is 0.532. The highest BCUT2D eigenvalue weighted by atomic mass is 16.5. The van der Waals surface area contributed by atoms with Crippen molar-refractivity contribution in [1.82, 2.24) is 5.32 Å². The van der Waals surface area contributed by atoms with Gasteiger partial charge in [0, 0.05) is 12.6 Å². The number of nitrogens with one attached hydrogen (secondary N) is 1. The number of ether oxygens (including phenoxy) is 3. The molecule has 0 aliphatic carbocycles. The fourth-order valence-corrected chi connectivity index (χ4v) is 2.56. The summed E-state index contributed by atoms with van der Waals surface area (Å²) in [5.74, 6) is 0.385. The van der Waals surface area contributed by atoms with E-state index in [1.54, 1.807) is 20.3 Å². The molecule has 0 aliphatic rings. The van der Waals surface area contributed by atoms with E-state index in [-0.39, 0.29) is 12.5 Å². The molecule has 2 aromatic carbocycles. The summed E-state index contributed by atoms with van der Waals surface area (Å²) in [5.41, 5.74) is 3.00. The molecule has 148 valence electrons. The summed E-state index contributed by atoms with van der Waals surface area (Å²) in [7, 11) is 3.15. The van der Waals surface area contributed by atoms with E-state index >= 15 is 0 Å². The van der Waals surface area contributed by atoms with Gasteiger partial charge < -0.3 is 19.5 Å². The molecule has 2 rings (SSSR count). The summed E-state index contributed by atoms with van der Waals surface area (Å²) in [5, 5.41) is 2.72. The van der Waals surface area contributed by atoms with Crippen molar-refractivity contribution < 1.29 is 23.8 Å². The van der Waals surface area contributed by atoms with Crippen molar-refractivity contribution in [2.45, 2.75) is 13.3 Å². The third-order valence-electron chi connectivity index (χ3n) is 3.98. The van der Waals surface area contributed by atoms with Crippen molar-refractivity contribution in [3.8, 4) is 11.5 Å². The van der Waals surface area contributed by atoms with E-state index in [0.717, 1.165) is 16.7 Å². The van der Waals surface area contributed by atoms with Gasteiger partial charge in [-0.2, -0.15) is 0 Å². The van der Waals surface area contributed by atoms with Gasteiger partial charge in [-0.1, -0.05) is 35.9 Å². The van der Waals surface area contributed by atoms with Gasteiger partial charge in [0.05, 0.1) is 14.2 Å². The SMILES string of the molecule is COc1ccc(CCNC(=O)COC(=O)/C=C/c2cccc(C)c2)cc1OC. The molecule has 1 N–H and O–H groups in total. The zero-order valence-electron chi connectivity index (χ0n) is 16.4. The average Bonchev–Trinajstić information content (AvgIpc) is 2.70. The largest absolute Gasteiger partial charge is 0.493 e. The number of rotatable bonds is 9. The van der Waals surface area contributed by atoms with Crippen molar-refractivity contribution in [3.05, 3.63) is 65.2 Å². The van der Waals surface area contributed by atoms with Crippen LogP contribution in [0.25, 0.3) is 6.08 Å². The number of hydrogen-bond donors (Lipinski definition) is 1. The van der Waals surface area contributed by atoms with E-state index in [2.05, 4.69) is 5.32 Å². The maximum Gasteiger partial charge on any atom is 0.331 e. The van der Waals surface area contributed by atoms with E-state index in [1.165, 1.54) is 6.08 Å². The topological polar surface area (TPSA) is 73.9 Å². The van der Waals surface area contributed by atoms with Gasteiger partial charge in [-0.3, -0.25) is 4.79 Å². The van der Waals surface area contributed by atoms with Crippen molar-refractivity contribution in [2.75, 3.05) is 27.4 Å². The summed E-state index contributed by atoms with van der Waals surface area (Å²) in [6, 6.07) is 13.3. The number of hydrogen-bond acceptors (Lipinski definition) is 5. The molecule has 0 unspecified atom stereocenters. The van der Waals surface area contributed by atoms with Gasteiger partial charge in [-0.05, 0) is 42.7 Å². The lowest BCUT2D eigenvalue weighted by Gasteiger charge is -2.10. The molecule has 2 aromatic rings. The summed E-state index contributed by atoms with van der Waals surface area (Å²) in [6.45, 7) is 2.08. The van der Waals surface area contributed by atoms with Gasteiger partial charge in [0.25, 0.3) is 5.91 Å². The molecular weight excluding hydrogens is 358 g/mol. The van der Waals surface area contributed by atoms with Crippen LogP contribution < -0.4 is 14.8 Å². The fraction of sp³-hybridized carbons (Fsp3) is 0.273. The van der Waals surface area contributed by atoms with Gasteiger partial charge >= 0.3 is 5.97 Å². The molecule has 1 amide bonds. The molecule has 6 heteroatoms. The third kappa shape index (κ3) is 6.79. The van der Waals surface area contributed by atoms with Crippen LogP contribution in [0.5, 0.6) is 11.5 Å². The molecule has 0 saturated heterocycles. The highest BCUT2D eigenvalue weighted by Gasteiger charge is 2.07. The van der Waals surface area contributed by atoms with Crippen LogP contribution in [0.2, 0.25) is 0 Å². The number of benzene rings is 2. The average molecular weight is 383 g/mol. The minimum absolute atomic E-state index is 0.317. The Morgan fingerprint density at radius 3 is 2.54 bits per heavy atom. The Hall–Kier alpha value is -3.28. The lowest BCUT2D eigenvalue weighted by atomic mass is 10.1. The van der Waals surface area contributed by atoms with Crippen LogP contribution in [0.4, 0.5) is 0 Å². The number of carbonyl (C=O) groups is 2. The van der Waals surface area contributed by atoms with Gasteiger partial charge in [0.2, 0.25) is 0 Å². The van der Waals surface area contributed by atoms with Crippen LogP contribution in [0.1, 0.15) is 16.7 Å². The summed E-state index contributed by atoms with van der Waals surface area (Å²) in [6.07, 6.45) is 3.59. The smallest absolute Gasteiger partial charge is 0.331 e. The molecular formula is C22H25NO5. The first-order valence-corrected chi connectivity index (χ1v) is 8.91. The standard InChI is InChI=1S/C22H25NO5/c1-16-5-4-6-17(13-16)8-10-22(25)28-15-21(24)23-12-11-18-7-9-19(26-2)20(14-18)27-3/h4-10,13-14H,11-12,15H2,1-3H3,(H,23,24)/b10-8+. The number of methoxy groups -OCH3 is 2. The third-order valence-corrected chi connectivity index (χ3v) is 3.98. The maximum absolute atomic E-state index is 11.8. The fourth-order valence-electron chi connectivity index (χ4n) is 2.56. The molecule has 6 nitrogen and oxygen atoms in total. The van der Waals surface area contributed by atoms with E-state index in [9.17, 15) is 9.59 Å². The van der Waals surface area contributed by atoms with E-state index in [4.69, 9.17) is 14.2 Å². The zero-order valence-corrected chi connectivity index (χ0v) is 16.4. The monoisotopic (exact) mass is 383 g/mol. The first-order chi connectivity index (χ1) is 13.5. The minimum Gasteiger partial charge on any atom is -0.493 e. The molecule has 0 aliphatic heterocycles. The van der Waals surface area contributed by atoms with Gasteiger partial charge in [0.1, 0.15) is 0 Å². The molecule has 28 heavy (non-hydrogen) atoms. The summed E-state index contributed by atoms with van der Waals surface area (Å²) >= 11 is 0. The molecule has 0 aromatic heterocycles. The number of aryl methyl sites for hydroxylation is 1. The minimum atomic E-state index is -0.559. The lowest BCUT2D eigenvalue weighted by molar-refractivity contribution is -0.143. The highest BCUT2D eigenvalue weighted by Crippen LogP contribution is 2.27. The highest BCUT2D eigenvalue weighted by molar-refractivity contribution is 5.89. The second kappa shape index (κ2) is 10.8. The van der Waals surface area contributed by atoms with Crippen molar-refractivity contribution in [3.63, 3.8) is 0 Å². The predicted octanol–water partition coefficient (Wildman–Crippen LogP) is 2.93. The first kappa shape index (κ1) is 21.0. The molecule has 0 bridgehead atoms. The van der Waals surface area contributed by atoms with Crippen LogP contribution in [0.3, 0.4) is 0 Å². The van der Waals surface area contributed by atoms with Gasteiger partial charge in [-0.15, -0.1) is 0 Å². The summed E-state index contributed by atoms with van der Waals surface area (Å²) in [4.78, 5) is 23.5. The van der Waals surface area contributed by atoms with Gasteiger partial charge in [0.15, 0.2) is 18.1 Å². The molecule has 0 atom stereocenters. The van der Waals surface area contributed by atoms with E-state index in [1.807, 2.05) is 49.4 Å². The number of carbonyl (C=O) groups excluding carboxylic acids is 2. The van der Waals surface area contributed by atoms with Crippen molar-refractivity contribution in [1.29, 1.82) is 0 Å². The van der Waals surface area contributed by atoms with Crippen molar-refractivity contribution in [2.24, 2.45) is 0 Å². The Kier molecular flexibility index (Phi) is 8.09. The first-order valence-electron chi connectivity index (χ1n) is 8.91. The van der Waals surface area contributed by atoms with Gasteiger partial charge in [-0.25, -0.2) is 4.79 Å². The Morgan fingerprint density at radius 1 is 1.04 bits per heavy atom. The Morgan fingerprint density at radius 2 is 1.82 bits per heavy atom. The van der Waals surface area contributed by atoms with E-state index in [0.29, 0.717) is 24.5 Å². The Balaban J connectivity index is 1.72. The zero-order chi connectivity index (χ0) is 20.4. The normalized spacial score (nSPS) is 10.5. The molecule has 0 saturated carbocycles. The molecule has 0 fully saturated rings. The van der Waals surface area contributed by atoms with E-state index < -0.39 is 5.97 Å². The Bertz CT molecular complexity index is 845. The molecule has 0 heterocycles. The van der Waals surface area contributed by atoms with Crippen molar-refractivity contribution >= 4 is 18.0 Å². The van der Waals surface area contributed by atoms with Crippen LogP contribution in [-0.2, 0) is 20.7 Å². The Labute approximate surface area is 165 Å². The number of amides is 1. The molecule has 0 spiro atoms. The van der Waals surface area contributed by atoms with Crippen LogP contribution in [-0.4, -0.2) is 39.2 Å². The van der Waals surface area contributed by atoms with Crippen LogP contribution >= 0.6 is 0 Å². The second-order valence-electron chi connectivity index (χ2n) is 6.14. The summed E-state index contributed by atoms with van der Waals surface area (Å²) < 4.78 is 15.4. The van der Waals surface area contributed by atoms with Crippen LogP contribution in [0, 0.1) is 6.92 Å².